The van der Waals surface area contributed by atoms with Gasteiger partial charge in [0.2, 0.25) is 0 Å². The molecular formula is C16H20F2N6O. The van der Waals surface area contributed by atoms with E-state index in [4.69, 9.17) is 0 Å². The van der Waals surface area contributed by atoms with E-state index in [-0.39, 0.29) is 6.54 Å². The molecule has 25 heavy (non-hydrogen) atoms. The van der Waals surface area contributed by atoms with Gasteiger partial charge in [-0.05, 0) is 19.1 Å². The molecule has 0 bridgehead atoms. The molecule has 0 unspecified atom stereocenters. The van der Waals surface area contributed by atoms with Crippen molar-refractivity contribution in [1.82, 2.24) is 15.3 Å². The summed E-state index contributed by atoms with van der Waals surface area (Å²) in [5.41, 5.74) is -0.477. The van der Waals surface area contributed by atoms with Crippen molar-refractivity contribution in [2.24, 2.45) is 0 Å². The van der Waals surface area contributed by atoms with Gasteiger partial charge >= 0.3 is 6.03 Å². The summed E-state index contributed by atoms with van der Waals surface area (Å²) in [6.45, 7) is 2.41. The van der Waals surface area contributed by atoms with E-state index in [2.05, 4.69) is 25.9 Å². The molecule has 7 nitrogen and oxygen atoms in total. The minimum Gasteiger partial charge on any atom is -0.368 e. The molecule has 9 heteroatoms. The fraction of sp³-hybridized carbons (Fsp3) is 0.312. The monoisotopic (exact) mass is 350 g/mol. The molecule has 1 aromatic heterocycles. The van der Waals surface area contributed by atoms with Gasteiger partial charge < -0.3 is 20.9 Å². The molecule has 0 spiro atoms. The summed E-state index contributed by atoms with van der Waals surface area (Å²) in [5.74, 6) is 0.339. The Bertz CT molecular complexity index is 733. The molecule has 3 N–H and O–H groups in total. The lowest BCUT2D eigenvalue weighted by atomic mass is 10.3. The van der Waals surface area contributed by atoms with Crippen LogP contribution in [0.5, 0.6) is 0 Å². The maximum absolute atomic E-state index is 13.4. The average molecular weight is 350 g/mol. The summed E-state index contributed by atoms with van der Waals surface area (Å²) >= 11 is 0. The number of rotatable bonds is 6. The quantitative estimate of drug-likeness (QED) is 0.697. The number of nitrogens with one attached hydrogen (secondary N) is 3. The summed E-state index contributed by atoms with van der Waals surface area (Å²) in [6, 6.07) is 4.45. The van der Waals surface area contributed by atoms with Crippen LogP contribution in [0.15, 0.2) is 24.3 Å². The molecule has 0 fully saturated rings. The smallest absolute Gasteiger partial charge is 0.319 e. The number of aromatic nitrogens is 2. The standard InChI is InChI=1S/C16H20F2N6O/c1-10-21-13(9-14(22-10)24(2)3)19-7-8-20-16(25)23-15-11(17)5-4-6-12(15)18/h4-6,9H,7-8H2,1-3H3,(H,19,21,22)(H2,20,23,25). The van der Waals surface area contributed by atoms with Crippen molar-refractivity contribution in [2.45, 2.75) is 6.92 Å². The Morgan fingerprint density at radius 2 is 1.84 bits per heavy atom. The van der Waals surface area contributed by atoms with Crippen LogP contribution < -0.4 is 20.9 Å². The first kappa shape index (κ1) is 18.4. The summed E-state index contributed by atoms with van der Waals surface area (Å²) in [6.07, 6.45) is 0. The van der Waals surface area contributed by atoms with Crippen LogP contribution in [0, 0.1) is 18.6 Å². The molecule has 0 aliphatic heterocycles. The Labute approximate surface area is 144 Å². The first-order valence-corrected chi connectivity index (χ1v) is 7.62. The molecule has 0 saturated carbocycles. The third-order valence-corrected chi connectivity index (χ3v) is 3.20. The van der Waals surface area contributed by atoms with Crippen molar-refractivity contribution in [1.29, 1.82) is 0 Å². The van der Waals surface area contributed by atoms with Crippen LogP contribution in [0.25, 0.3) is 0 Å². The molecule has 2 aromatic rings. The zero-order valence-electron chi connectivity index (χ0n) is 14.2. The lowest BCUT2D eigenvalue weighted by molar-refractivity contribution is 0.252. The number of para-hydroxylation sites is 1. The van der Waals surface area contributed by atoms with Gasteiger partial charge in [-0.2, -0.15) is 0 Å². The normalized spacial score (nSPS) is 10.3. The number of aryl methyl sites for hydroxylation is 1. The fourth-order valence-electron chi connectivity index (χ4n) is 2.01. The molecule has 0 aliphatic carbocycles. The Morgan fingerprint density at radius 3 is 2.48 bits per heavy atom. The number of anilines is 3. The van der Waals surface area contributed by atoms with E-state index < -0.39 is 23.4 Å². The lowest BCUT2D eigenvalue weighted by Gasteiger charge is -2.14. The third kappa shape index (κ3) is 5.27. The van der Waals surface area contributed by atoms with Gasteiger partial charge in [0.1, 0.15) is 34.8 Å². The maximum Gasteiger partial charge on any atom is 0.319 e. The van der Waals surface area contributed by atoms with Crippen molar-refractivity contribution in [3.8, 4) is 0 Å². The Hall–Kier alpha value is -2.97. The highest BCUT2D eigenvalue weighted by molar-refractivity contribution is 5.89. The van der Waals surface area contributed by atoms with E-state index in [1.54, 1.807) is 13.0 Å². The van der Waals surface area contributed by atoms with Crippen molar-refractivity contribution in [3.05, 3.63) is 41.7 Å². The molecule has 2 amide bonds. The SMILES string of the molecule is Cc1nc(NCCNC(=O)Nc2c(F)cccc2F)cc(N(C)C)n1. The predicted molar refractivity (Wildman–Crippen MR) is 93.0 cm³/mol. The van der Waals surface area contributed by atoms with Gasteiger partial charge in [0.05, 0.1) is 0 Å². The van der Waals surface area contributed by atoms with Gasteiger partial charge in [-0.15, -0.1) is 0 Å². The van der Waals surface area contributed by atoms with Crippen LogP contribution in [-0.2, 0) is 0 Å². The number of urea groups is 1. The number of hydrogen-bond acceptors (Lipinski definition) is 5. The van der Waals surface area contributed by atoms with Crippen LogP contribution in [-0.4, -0.2) is 43.2 Å². The minimum absolute atomic E-state index is 0.238. The van der Waals surface area contributed by atoms with Crippen molar-refractivity contribution < 1.29 is 13.6 Å². The van der Waals surface area contributed by atoms with Gasteiger partial charge in [0.25, 0.3) is 0 Å². The highest BCUT2D eigenvalue weighted by Gasteiger charge is 2.11. The molecule has 2 rings (SSSR count). The van der Waals surface area contributed by atoms with E-state index in [1.165, 1.54) is 6.07 Å². The third-order valence-electron chi connectivity index (χ3n) is 3.20. The Kier molecular flexibility index (Phi) is 6.04. The van der Waals surface area contributed by atoms with E-state index in [1.807, 2.05) is 19.0 Å². The Balaban J connectivity index is 1.82. The molecular weight excluding hydrogens is 330 g/mol. The molecule has 0 saturated heterocycles. The second-order valence-electron chi connectivity index (χ2n) is 5.46. The Morgan fingerprint density at radius 1 is 1.16 bits per heavy atom. The minimum atomic E-state index is -0.832. The van der Waals surface area contributed by atoms with E-state index >= 15 is 0 Å². The molecule has 0 atom stereocenters. The summed E-state index contributed by atoms with van der Waals surface area (Å²) in [4.78, 5) is 22.1. The number of nitrogens with zero attached hydrogens (tertiary/aromatic N) is 3. The first-order chi connectivity index (χ1) is 11.9. The number of carbonyl (C=O) groups is 1. The van der Waals surface area contributed by atoms with Crippen LogP contribution >= 0.6 is 0 Å². The molecule has 1 aromatic carbocycles. The fourth-order valence-corrected chi connectivity index (χ4v) is 2.01. The van der Waals surface area contributed by atoms with E-state index in [0.29, 0.717) is 18.2 Å². The number of amides is 2. The zero-order chi connectivity index (χ0) is 18.4. The highest BCUT2D eigenvalue weighted by Crippen LogP contribution is 2.17. The van der Waals surface area contributed by atoms with Crippen LogP contribution in [0.3, 0.4) is 0 Å². The van der Waals surface area contributed by atoms with Gasteiger partial charge in [-0.3, -0.25) is 0 Å². The van der Waals surface area contributed by atoms with Crippen molar-refractivity contribution in [3.63, 3.8) is 0 Å². The topological polar surface area (TPSA) is 82.2 Å². The van der Waals surface area contributed by atoms with Crippen LogP contribution in [0.2, 0.25) is 0 Å². The second kappa shape index (κ2) is 8.22. The lowest BCUT2D eigenvalue weighted by Crippen LogP contribution is -2.33. The first-order valence-electron chi connectivity index (χ1n) is 7.62. The van der Waals surface area contributed by atoms with Gasteiger partial charge in [-0.1, -0.05) is 6.07 Å². The molecule has 134 valence electrons. The van der Waals surface area contributed by atoms with E-state index in [9.17, 15) is 13.6 Å². The second-order valence-corrected chi connectivity index (χ2v) is 5.46. The summed E-state index contributed by atoms with van der Waals surface area (Å²) in [5, 5.41) is 7.71. The number of carbonyl (C=O) groups excluding carboxylic acids is 1. The maximum atomic E-state index is 13.4. The molecule has 1 heterocycles. The van der Waals surface area contributed by atoms with Gasteiger partial charge in [0, 0.05) is 33.3 Å². The predicted octanol–water partition coefficient (Wildman–Crippen LogP) is 2.36. The molecule has 0 radical (unpaired) electrons. The number of hydrogen-bond donors (Lipinski definition) is 3. The summed E-state index contributed by atoms with van der Waals surface area (Å²) in [7, 11) is 3.75. The van der Waals surface area contributed by atoms with Crippen LogP contribution in [0.4, 0.5) is 30.9 Å². The average Bonchev–Trinajstić information content (AvgIpc) is 2.54. The van der Waals surface area contributed by atoms with E-state index in [0.717, 1.165) is 18.0 Å². The number of benzene rings is 1. The van der Waals surface area contributed by atoms with Crippen LogP contribution in [0.1, 0.15) is 5.82 Å². The van der Waals surface area contributed by atoms with Crippen molar-refractivity contribution >= 4 is 23.4 Å². The largest absolute Gasteiger partial charge is 0.368 e. The van der Waals surface area contributed by atoms with Gasteiger partial charge in [-0.25, -0.2) is 23.5 Å². The molecule has 0 aliphatic rings. The van der Waals surface area contributed by atoms with Crippen molar-refractivity contribution in [2.75, 3.05) is 42.7 Å². The number of halogens is 2. The highest BCUT2D eigenvalue weighted by atomic mass is 19.1. The van der Waals surface area contributed by atoms with Gasteiger partial charge in [0.15, 0.2) is 0 Å². The zero-order valence-corrected chi connectivity index (χ0v) is 14.2. The summed E-state index contributed by atoms with van der Waals surface area (Å²) < 4.78 is 26.9.